The summed E-state index contributed by atoms with van der Waals surface area (Å²) in [5.74, 6) is -1.99. The number of hydrogen-bond donors (Lipinski definition) is 3. The second-order valence-corrected chi connectivity index (χ2v) is 6.22. The van der Waals surface area contributed by atoms with E-state index in [-0.39, 0.29) is 11.5 Å². The fourth-order valence-corrected chi connectivity index (χ4v) is 2.58. The number of carbonyl (C=O) groups is 2. The molecule has 3 N–H and O–H groups in total. The van der Waals surface area contributed by atoms with E-state index in [4.69, 9.17) is 5.11 Å². The van der Waals surface area contributed by atoms with Crippen LogP contribution in [0.15, 0.2) is 40.9 Å². The molecule has 0 unspecified atom stereocenters. The zero-order valence-corrected chi connectivity index (χ0v) is 14.2. The van der Waals surface area contributed by atoms with Gasteiger partial charge in [0.1, 0.15) is 11.3 Å². The number of rotatable bonds is 3. The molecule has 0 aromatic heterocycles. The van der Waals surface area contributed by atoms with Gasteiger partial charge in [-0.05, 0) is 68.9 Å². The van der Waals surface area contributed by atoms with Gasteiger partial charge in [0.15, 0.2) is 0 Å². The Kier molecular flexibility index (Phi) is 4.84. The third-order valence-corrected chi connectivity index (χ3v) is 4.02. The SMILES string of the molecule is O=C(O)c1ccc(NC(=O)c2cc(I)ccc2Br)cc1O. The molecule has 0 saturated heterocycles. The molecule has 0 aliphatic heterocycles. The van der Waals surface area contributed by atoms with E-state index in [1.807, 2.05) is 6.07 Å². The number of carboxylic acid groups (broad SMARTS) is 1. The molecule has 0 saturated carbocycles. The standard InChI is InChI=1S/C14H9BrINO4/c15-11-4-1-7(16)5-10(11)13(19)17-8-2-3-9(14(20)21)12(18)6-8/h1-6,18H,(H,17,19)(H,20,21). The van der Waals surface area contributed by atoms with Crippen molar-refractivity contribution in [3.63, 3.8) is 0 Å². The average molecular weight is 462 g/mol. The highest BCUT2D eigenvalue weighted by atomic mass is 127. The van der Waals surface area contributed by atoms with Crippen molar-refractivity contribution in [2.75, 3.05) is 5.32 Å². The van der Waals surface area contributed by atoms with Crippen LogP contribution in [0.25, 0.3) is 0 Å². The van der Waals surface area contributed by atoms with Gasteiger partial charge in [0, 0.05) is 19.8 Å². The van der Waals surface area contributed by atoms with Crippen molar-refractivity contribution in [3.8, 4) is 5.75 Å². The predicted octanol–water partition coefficient (Wildman–Crippen LogP) is 3.71. The van der Waals surface area contributed by atoms with E-state index in [9.17, 15) is 14.7 Å². The molecule has 2 aromatic carbocycles. The second-order valence-electron chi connectivity index (χ2n) is 4.12. The predicted molar refractivity (Wildman–Crippen MR) is 89.9 cm³/mol. The van der Waals surface area contributed by atoms with Gasteiger partial charge in [0.2, 0.25) is 0 Å². The van der Waals surface area contributed by atoms with Crippen LogP contribution in [0.3, 0.4) is 0 Å². The van der Waals surface area contributed by atoms with E-state index in [0.29, 0.717) is 15.7 Å². The van der Waals surface area contributed by atoms with Crippen molar-refractivity contribution >= 4 is 56.1 Å². The molecule has 0 bridgehead atoms. The van der Waals surface area contributed by atoms with Crippen molar-refractivity contribution in [2.24, 2.45) is 0 Å². The van der Waals surface area contributed by atoms with E-state index in [0.717, 1.165) is 3.57 Å². The average Bonchev–Trinajstić information content (AvgIpc) is 2.41. The number of carbonyl (C=O) groups excluding carboxylic acids is 1. The summed E-state index contributed by atoms with van der Waals surface area (Å²) in [6.07, 6.45) is 0. The van der Waals surface area contributed by atoms with Crippen LogP contribution in [0.1, 0.15) is 20.7 Å². The Labute approximate surface area is 142 Å². The lowest BCUT2D eigenvalue weighted by Crippen LogP contribution is -2.13. The molecule has 21 heavy (non-hydrogen) atoms. The summed E-state index contributed by atoms with van der Waals surface area (Å²) < 4.78 is 1.55. The first-order valence-electron chi connectivity index (χ1n) is 5.71. The van der Waals surface area contributed by atoms with Crippen LogP contribution in [0.4, 0.5) is 5.69 Å². The monoisotopic (exact) mass is 461 g/mol. The minimum absolute atomic E-state index is 0.219. The number of anilines is 1. The van der Waals surface area contributed by atoms with Crippen LogP contribution in [0.5, 0.6) is 5.75 Å². The number of hydrogen-bond acceptors (Lipinski definition) is 3. The molecule has 0 aliphatic rings. The molecule has 0 atom stereocenters. The van der Waals surface area contributed by atoms with Crippen LogP contribution >= 0.6 is 38.5 Å². The van der Waals surface area contributed by atoms with Crippen LogP contribution in [-0.2, 0) is 0 Å². The zero-order valence-electron chi connectivity index (χ0n) is 10.4. The largest absolute Gasteiger partial charge is 0.507 e. The molecule has 0 heterocycles. The van der Waals surface area contributed by atoms with Gasteiger partial charge in [-0.2, -0.15) is 0 Å². The van der Waals surface area contributed by atoms with Crippen molar-refractivity contribution in [1.29, 1.82) is 0 Å². The summed E-state index contributed by atoms with van der Waals surface area (Å²) in [6, 6.07) is 9.19. The number of benzene rings is 2. The van der Waals surface area contributed by atoms with E-state index in [1.165, 1.54) is 18.2 Å². The van der Waals surface area contributed by atoms with Crippen molar-refractivity contribution in [3.05, 3.63) is 55.6 Å². The van der Waals surface area contributed by atoms with Crippen LogP contribution < -0.4 is 5.32 Å². The molecule has 108 valence electrons. The Morgan fingerprint density at radius 2 is 1.81 bits per heavy atom. The van der Waals surface area contributed by atoms with Gasteiger partial charge >= 0.3 is 5.97 Å². The van der Waals surface area contributed by atoms with Gasteiger partial charge in [-0.3, -0.25) is 4.79 Å². The van der Waals surface area contributed by atoms with Gasteiger partial charge in [0.25, 0.3) is 5.91 Å². The maximum atomic E-state index is 12.2. The lowest BCUT2D eigenvalue weighted by molar-refractivity contribution is 0.0693. The Bertz CT molecular complexity index is 733. The molecule has 2 aromatic rings. The molecular weight excluding hydrogens is 453 g/mol. The molecule has 0 radical (unpaired) electrons. The summed E-state index contributed by atoms with van der Waals surface area (Å²) in [6.45, 7) is 0. The van der Waals surface area contributed by atoms with Gasteiger partial charge < -0.3 is 15.5 Å². The highest BCUT2D eigenvalue weighted by molar-refractivity contribution is 14.1. The number of aromatic carboxylic acids is 1. The fraction of sp³-hybridized carbons (Fsp3) is 0. The van der Waals surface area contributed by atoms with E-state index < -0.39 is 11.7 Å². The van der Waals surface area contributed by atoms with E-state index in [2.05, 4.69) is 43.8 Å². The quantitative estimate of drug-likeness (QED) is 0.608. The second kappa shape index (κ2) is 6.44. The Balaban J connectivity index is 2.26. The molecular formula is C14H9BrINO4. The molecule has 0 aliphatic carbocycles. The number of phenols is 1. The van der Waals surface area contributed by atoms with Crippen molar-refractivity contribution in [1.82, 2.24) is 0 Å². The van der Waals surface area contributed by atoms with Crippen LogP contribution in [0.2, 0.25) is 0 Å². The lowest BCUT2D eigenvalue weighted by atomic mass is 10.1. The summed E-state index contributed by atoms with van der Waals surface area (Å²) >= 11 is 5.40. The summed E-state index contributed by atoms with van der Waals surface area (Å²) in [5, 5.41) is 21.0. The highest BCUT2D eigenvalue weighted by Gasteiger charge is 2.13. The topological polar surface area (TPSA) is 86.6 Å². The van der Waals surface area contributed by atoms with Crippen molar-refractivity contribution < 1.29 is 19.8 Å². The first-order valence-corrected chi connectivity index (χ1v) is 7.58. The summed E-state index contributed by atoms with van der Waals surface area (Å²) in [7, 11) is 0. The minimum Gasteiger partial charge on any atom is -0.507 e. The van der Waals surface area contributed by atoms with Gasteiger partial charge in [-0.1, -0.05) is 0 Å². The van der Waals surface area contributed by atoms with E-state index in [1.54, 1.807) is 12.1 Å². The van der Waals surface area contributed by atoms with Gasteiger partial charge in [-0.25, -0.2) is 4.79 Å². The van der Waals surface area contributed by atoms with Crippen molar-refractivity contribution in [2.45, 2.75) is 0 Å². The fourth-order valence-electron chi connectivity index (χ4n) is 1.66. The summed E-state index contributed by atoms with van der Waals surface area (Å²) in [5.41, 5.74) is 0.542. The first-order chi connectivity index (χ1) is 9.88. The summed E-state index contributed by atoms with van der Waals surface area (Å²) in [4.78, 5) is 23.0. The Morgan fingerprint density at radius 1 is 1.10 bits per heavy atom. The van der Waals surface area contributed by atoms with Crippen LogP contribution in [-0.4, -0.2) is 22.1 Å². The third kappa shape index (κ3) is 3.73. The molecule has 2 rings (SSSR count). The maximum Gasteiger partial charge on any atom is 0.339 e. The molecule has 7 heteroatoms. The Morgan fingerprint density at radius 3 is 2.43 bits per heavy atom. The zero-order chi connectivity index (χ0) is 15.6. The molecule has 1 amide bonds. The minimum atomic E-state index is -1.23. The Hall–Kier alpha value is -1.61. The smallest absolute Gasteiger partial charge is 0.339 e. The maximum absolute atomic E-state index is 12.2. The number of carboxylic acids is 1. The van der Waals surface area contributed by atoms with Gasteiger partial charge in [0.05, 0.1) is 5.56 Å². The number of amides is 1. The molecule has 0 fully saturated rings. The lowest BCUT2D eigenvalue weighted by Gasteiger charge is -2.08. The number of halogens is 2. The molecule has 5 nitrogen and oxygen atoms in total. The van der Waals surface area contributed by atoms with E-state index >= 15 is 0 Å². The van der Waals surface area contributed by atoms with Crippen LogP contribution in [0, 0.1) is 3.57 Å². The van der Waals surface area contributed by atoms with Gasteiger partial charge in [-0.15, -0.1) is 0 Å². The number of nitrogens with one attached hydrogen (secondary N) is 1. The first kappa shape index (κ1) is 15.8. The number of aromatic hydroxyl groups is 1. The highest BCUT2D eigenvalue weighted by Crippen LogP contribution is 2.24. The third-order valence-electron chi connectivity index (χ3n) is 2.66. The molecule has 0 spiro atoms. The normalized spacial score (nSPS) is 10.2.